The Bertz CT molecular complexity index is 1470. The molecule has 2 atom stereocenters. The van der Waals surface area contributed by atoms with Crippen LogP contribution in [-0.2, 0) is 28.6 Å². The largest absolute Gasteiger partial charge is 0.544 e. The fourth-order valence-corrected chi connectivity index (χ4v) is 5.93. The molecule has 2 unspecified atom stereocenters. The lowest BCUT2D eigenvalue weighted by atomic mass is 10.1. The van der Waals surface area contributed by atoms with Gasteiger partial charge in [0.05, 0.1) is 40.3 Å². The quantitative estimate of drug-likeness (QED) is 0.0199. The molecule has 0 heterocycles. The Morgan fingerprint density at radius 1 is 0.500 bits per heavy atom. The smallest absolute Gasteiger partial charge is 0.306 e. The summed E-state index contributed by atoms with van der Waals surface area (Å²) in [6.45, 7) is 4.31. The number of carbonyl (C=O) groups excluding carboxylic acids is 3. The molecular weight excluding hydrogens is 775 g/mol. The van der Waals surface area contributed by atoms with Gasteiger partial charge in [0.2, 0.25) is 0 Å². The highest BCUT2D eigenvalue weighted by Gasteiger charge is 2.25. The molecule has 0 fully saturated rings. The number of aliphatic carboxylic acids is 1. The molecule has 0 aromatic carbocycles. The zero-order chi connectivity index (χ0) is 45.6. The van der Waals surface area contributed by atoms with Crippen LogP contribution in [0.4, 0.5) is 0 Å². The molecule has 8 heteroatoms. The summed E-state index contributed by atoms with van der Waals surface area (Å²) in [4.78, 5) is 37.0. The summed E-state index contributed by atoms with van der Waals surface area (Å²) < 4.78 is 17.1. The number of hydrogen-bond acceptors (Lipinski definition) is 7. The number of carboxylic acid groups (broad SMARTS) is 1. The Labute approximate surface area is 377 Å². The summed E-state index contributed by atoms with van der Waals surface area (Å²) >= 11 is 0. The number of hydrogen-bond donors (Lipinski definition) is 0. The highest BCUT2D eigenvalue weighted by molar-refractivity contribution is 5.70. The van der Waals surface area contributed by atoms with Gasteiger partial charge in [-0.15, -0.1) is 0 Å². The second-order valence-electron chi connectivity index (χ2n) is 16.1. The van der Waals surface area contributed by atoms with Crippen LogP contribution in [0, 0.1) is 0 Å². The summed E-state index contributed by atoms with van der Waals surface area (Å²) in [5, 5.41) is 11.6. The maximum absolute atomic E-state index is 12.8. The van der Waals surface area contributed by atoms with Gasteiger partial charge in [-0.3, -0.25) is 9.59 Å². The Kier molecular flexibility index (Phi) is 40.0. The fraction of sp³-hybridized carbons (Fsp3) is 0.537. The van der Waals surface area contributed by atoms with E-state index < -0.39 is 18.1 Å². The van der Waals surface area contributed by atoms with E-state index in [1.807, 2.05) is 72.9 Å². The average Bonchev–Trinajstić information content (AvgIpc) is 3.23. The summed E-state index contributed by atoms with van der Waals surface area (Å²) in [6, 6.07) is -0.746. The lowest BCUT2D eigenvalue weighted by molar-refractivity contribution is -0.889. The SMILES string of the molecule is CC/C=C/C=C/C=C/C=C/C=C/C=C/C=C/CCCCCC(=O)OCC(COCCC(C(=O)[O-])[N+](C)(C)C)OC(=O)CCCCCCCC/C=C/C/C=C/C/C=C/C/C=C/CC. The first kappa shape index (κ1) is 57.5. The van der Waals surface area contributed by atoms with Crippen LogP contribution >= 0.6 is 0 Å². The van der Waals surface area contributed by atoms with Gasteiger partial charge >= 0.3 is 11.9 Å². The number of carboxylic acids is 1. The first-order valence-corrected chi connectivity index (χ1v) is 23.3. The van der Waals surface area contributed by atoms with Gasteiger partial charge in [0.25, 0.3) is 0 Å². The number of rotatable bonds is 39. The van der Waals surface area contributed by atoms with E-state index in [1.54, 1.807) is 21.1 Å². The number of likely N-dealkylation sites (N-methyl/N-ethyl adjacent to an activating group) is 1. The molecule has 0 aromatic rings. The number of ether oxygens (including phenoxy) is 3. The number of nitrogens with zero attached hydrogens (tertiary/aromatic N) is 1. The fourth-order valence-electron chi connectivity index (χ4n) is 5.93. The van der Waals surface area contributed by atoms with Gasteiger partial charge in [0.15, 0.2) is 6.10 Å². The molecule has 346 valence electrons. The molecule has 0 saturated heterocycles. The molecule has 0 aliphatic heterocycles. The second kappa shape index (κ2) is 43.1. The maximum Gasteiger partial charge on any atom is 0.306 e. The number of quaternary nitrogens is 1. The first-order valence-electron chi connectivity index (χ1n) is 23.3. The van der Waals surface area contributed by atoms with Gasteiger partial charge < -0.3 is 28.6 Å². The minimum Gasteiger partial charge on any atom is -0.544 e. The number of carbonyl (C=O) groups is 3. The molecule has 0 aliphatic rings. The van der Waals surface area contributed by atoms with Crippen molar-refractivity contribution in [3.63, 3.8) is 0 Å². The summed E-state index contributed by atoms with van der Waals surface area (Å²) in [5.41, 5.74) is 0. The molecule has 62 heavy (non-hydrogen) atoms. The molecule has 0 radical (unpaired) electrons. The van der Waals surface area contributed by atoms with E-state index in [4.69, 9.17) is 14.2 Å². The van der Waals surface area contributed by atoms with Crippen LogP contribution in [-0.4, -0.2) is 75.5 Å². The second-order valence-corrected chi connectivity index (χ2v) is 16.1. The Morgan fingerprint density at radius 3 is 1.47 bits per heavy atom. The molecule has 8 nitrogen and oxygen atoms in total. The Hall–Kier alpha value is -4.53. The van der Waals surface area contributed by atoms with Gasteiger partial charge in [0.1, 0.15) is 12.6 Å². The van der Waals surface area contributed by atoms with Crippen molar-refractivity contribution < 1.29 is 38.2 Å². The molecule has 0 aromatic heterocycles. The summed E-state index contributed by atoms with van der Waals surface area (Å²) in [6.07, 6.45) is 61.8. The predicted molar refractivity (Wildman–Crippen MR) is 258 cm³/mol. The van der Waals surface area contributed by atoms with Crippen LogP contribution in [0.15, 0.2) is 134 Å². The molecule has 0 rings (SSSR count). The van der Waals surface area contributed by atoms with Crippen molar-refractivity contribution in [1.29, 1.82) is 0 Å². The normalized spacial score (nSPS) is 14.1. The van der Waals surface area contributed by atoms with Crippen molar-refractivity contribution in [3.05, 3.63) is 134 Å². The van der Waals surface area contributed by atoms with E-state index in [9.17, 15) is 19.5 Å². The average molecular weight is 858 g/mol. The van der Waals surface area contributed by atoms with Crippen molar-refractivity contribution >= 4 is 17.9 Å². The van der Waals surface area contributed by atoms with Gasteiger partial charge in [-0.2, -0.15) is 0 Å². The zero-order valence-corrected chi connectivity index (χ0v) is 39.2. The van der Waals surface area contributed by atoms with Gasteiger partial charge in [0, 0.05) is 19.3 Å². The van der Waals surface area contributed by atoms with Crippen molar-refractivity contribution in [2.75, 3.05) is 41.0 Å². The number of unbranched alkanes of at least 4 members (excludes halogenated alkanes) is 9. The molecular formula is C54H83NO7. The maximum atomic E-state index is 12.8. The monoisotopic (exact) mass is 858 g/mol. The van der Waals surface area contributed by atoms with Crippen molar-refractivity contribution in [1.82, 2.24) is 0 Å². The summed E-state index contributed by atoms with van der Waals surface area (Å²) in [5.74, 6) is -1.83. The topological polar surface area (TPSA) is 102 Å². The lowest BCUT2D eigenvalue weighted by Crippen LogP contribution is -2.55. The van der Waals surface area contributed by atoms with Gasteiger partial charge in [-0.25, -0.2) is 0 Å². The first-order chi connectivity index (χ1) is 30.1. The minimum atomic E-state index is -1.14. The predicted octanol–water partition coefficient (Wildman–Crippen LogP) is 11.9. The molecule has 0 saturated carbocycles. The van der Waals surface area contributed by atoms with Crippen LogP contribution in [0.3, 0.4) is 0 Å². The standard InChI is InChI=1S/C54H83NO7/c1-6-8-10-12-14-16-18-20-22-24-26-28-30-32-34-36-38-40-42-44-52(56)61-49-50(48-60-47-46-51(54(58)59)55(3,4)5)62-53(57)45-43-41-39-37-35-33-31-29-27-25-23-21-19-17-15-13-11-9-7-2/h8-12,14-18,20-24,26-30,32,34,50-51H,6-7,13,19,25,31,33,35-49H2,1-5H3/b10-8+,11-9+,14-12+,17-15+,18-16+,22-20+,23-21+,26-24+,29-27+,30-28+,34-32+. The highest BCUT2D eigenvalue weighted by atomic mass is 16.6. The van der Waals surface area contributed by atoms with Crippen LogP contribution in [0.5, 0.6) is 0 Å². The highest BCUT2D eigenvalue weighted by Crippen LogP contribution is 2.12. The van der Waals surface area contributed by atoms with Crippen molar-refractivity contribution in [3.8, 4) is 0 Å². The van der Waals surface area contributed by atoms with Crippen molar-refractivity contribution in [2.45, 2.75) is 148 Å². The molecule has 0 aliphatic carbocycles. The molecule has 0 N–H and O–H groups in total. The zero-order valence-electron chi connectivity index (χ0n) is 39.2. The number of esters is 2. The van der Waals surface area contributed by atoms with E-state index >= 15 is 0 Å². The van der Waals surface area contributed by atoms with E-state index in [0.29, 0.717) is 6.42 Å². The van der Waals surface area contributed by atoms with E-state index in [2.05, 4.69) is 74.6 Å². The van der Waals surface area contributed by atoms with Crippen LogP contribution in [0.25, 0.3) is 0 Å². The third kappa shape index (κ3) is 40.9. The third-order valence-corrected chi connectivity index (χ3v) is 9.48. The van der Waals surface area contributed by atoms with E-state index in [-0.39, 0.29) is 55.5 Å². The molecule has 0 bridgehead atoms. The molecule has 0 spiro atoms. The van der Waals surface area contributed by atoms with Gasteiger partial charge in [-0.05, 0) is 70.6 Å². The van der Waals surface area contributed by atoms with Crippen LogP contribution in [0.2, 0.25) is 0 Å². The van der Waals surface area contributed by atoms with Crippen LogP contribution in [0.1, 0.15) is 136 Å². The van der Waals surface area contributed by atoms with Crippen molar-refractivity contribution in [2.24, 2.45) is 0 Å². The minimum absolute atomic E-state index is 0.00899. The summed E-state index contributed by atoms with van der Waals surface area (Å²) in [7, 11) is 5.37. The van der Waals surface area contributed by atoms with E-state index in [1.165, 1.54) is 6.42 Å². The Balaban J connectivity index is 4.48. The van der Waals surface area contributed by atoms with E-state index in [0.717, 1.165) is 89.9 Å². The van der Waals surface area contributed by atoms with Crippen LogP contribution < -0.4 is 5.11 Å². The third-order valence-electron chi connectivity index (χ3n) is 9.48. The van der Waals surface area contributed by atoms with Gasteiger partial charge in [-0.1, -0.05) is 180 Å². The molecule has 0 amide bonds. The lowest BCUT2D eigenvalue weighted by Gasteiger charge is -2.34. The number of allylic oxidation sites excluding steroid dienone is 22. The Morgan fingerprint density at radius 2 is 0.935 bits per heavy atom.